The van der Waals surface area contributed by atoms with Crippen LogP contribution < -0.4 is 15.8 Å². The van der Waals surface area contributed by atoms with Crippen LogP contribution in [0.3, 0.4) is 0 Å². The highest BCUT2D eigenvalue weighted by Gasteiger charge is 2.42. The van der Waals surface area contributed by atoms with Crippen LogP contribution in [-0.4, -0.2) is 18.1 Å². The van der Waals surface area contributed by atoms with E-state index in [4.69, 9.17) is 17.3 Å². The van der Waals surface area contributed by atoms with Crippen LogP contribution in [-0.2, 0) is 4.79 Å². The smallest absolute Gasteiger partial charge is 0.391 e. The summed E-state index contributed by atoms with van der Waals surface area (Å²) in [5, 5.41) is 15.0. The number of hydrogen-bond donors (Lipinski definition) is 2. The summed E-state index contributed by atoms with van der Waals surface area (Å²) in [6, 6.07) is 7.42. The largest absolute Gasteiger partial charge is 0.618 e. The Kier molecular flexibility index (Phi) is 6.57. The molecule has 1 unspecified atom stereocenters. The normalized spacial score (nSPS) is 20.6. The molecule has 5 nitrogen and oxygen atoms in total. The summed E-state index contributed by atoms with van der Waals surface area (Å²) in [5.41, 5.74) is 8.30. The maximum absolute atomic E-state index is 12.8. The number of nitrogens with zero attached hydrogens (tertiary/aromatic N) is 1. The molecule has 1 aliphatic rings. The first-order valence-corrected chi connectivity index (χ1v) is 10.1. The monoisotopic (exact) mass is 441 g/mol. The number of halogens is 4. The molecule has 1 atom stereocenters. The number of pyridine rings is 1. The van der Waals surface area contributed by atoms with Crippen LogP contribution in [0.1, 0.15) is 31.4 Å². The van der Waals surface area contributed by atoms with E-state index in [1.54, 1.807) is 31.2 Å². The number of rotatable bonds is 4. The van der Waals surface area contributed by atoms with Crippen molar-refractivity contribution in [3.63, 3.8) is 0 Å². The molecule has 0 saturated heterocycles. The third kappa shape index (κ3) is 4.87. The van der Waals surface area contributed by atoms with E-state index in [-0.39, 0.29) is 31.6 Å². The van der Waals surface area contributed by atoms with Gasteiger partial charge in [-0.3, -0.25) is 4.79 Å². The van der Waals surface area contributed by atoms with E-state index < -0.39 is 24.0 Å². The molecule has 1 heterocycles. The Morgan fingerprint density at radius 1 is 1.20 bits per heavy atom. The van der Waals surface area contributed by atoms with E-state index in [0.29, 0.717) is 22.0 Å². The Morgan fingerprint density at radius 2 is 1.80 bits per heavy atom. The van der Waals surface area contributed by atoms with Crippen LogP contribution in [0, 0.1) is 24.0 Å². The van der Waals surface area contributed by atoms with Crippen LogP contribution in [0.4, 0.5) is 18.9 Å². The Bertz CT molecular complexity index is 911. The summed E-state index contributed by atoms with van der Waals surface area (Å²) in [6.07, 6.45) is -2.30. The first kappa shape index (κ1) is 22.4. The van der Waals surface area contributed by atoms with E-state index in [0.717, 1.165) is 10.3 Å². The van der Waals surface area contributed by atoms with E-state index in [1.807, 2.05) is 0 Å². The number of amides is 1. The second-order valence-electron chi connectivity index (χ2n) is 7.70. The molecular formula is C21H23ClF3N3O2. The molecule has 9 heteroatoms. The molecule has 1 aromatic carbocycles. The topological polar surface area (TPSA) is 82.1 Å². The molecule has 0 bridgehead atoms. The lowest BCUT2D eigenvalue weighted by molar-refractivity contribution is -0.611. The van der Waals surface area contributed by atoms with Gasteiger partial charge in [0.15, 0.2) is 11.9 Å². The standard InChI is InChI=1S/C21H23ClF3N3O2/c1-12-18(17(22)10-11-28(12)30)13-4-8-16(9-5-13)27-20(29)19(26)14-2-6-15(7-3-14)21(23,24)25/h4-5,8-11,14-15,19H,2-3,6-7,26H2,1H3,(H,27,29). The van der Waals surface area contributed by atoms with Gasteiger partial charge in [0.05, 0.1) is 22.5 Å². The lowest BCUT2D eigenvalue weighted by atomic mass is 9.78. The number of nitrogens with two attached hydrogens (primary N) is 1. The van der Waals surface area contributed by atoms with Gasteiger partial charge in [0.2, 0.25) is 5.91 Å². The van der Waals surface area contributed by atoms with Crippen LogP contribution in [0.25, 0.3) is 11.1 Å². The van der Waals surface area contributed by atoms with Gasteiger partial charge >= 0.3 is 6.18 Å². The molecule has 0 radical (unpaired) electrons. The van der Waals surface area contributed by atoms with Crippen molar-refractivity contribution in [1.82, 2.24) is 0 Å². The molecule has 3 N–H and O–H groups in total. The van der Waals surface area contributed by atoms with Crippen LogP contribution in [0.5, 0.6) is 0 Å². The minimum atomic E-state index is -4.19. The van der Waals surface area contributed by atoms with Gasteiger partial charge in [-0.1, -0.05) is 23.7 Å². The Labute approximate surface area is 177 Å². The number of anilines is 1. The Morgan fingerprint density at radius 3 is 2.37 bits per heavy atom. The molecule has 0 spiro atoms. The molecule has 0 aliphatic heterocycles. The molecule has 162 valence electrons. The van der Waals surface area contributed by atoms with Gasteiger partial charge in [-0.05, 0) is 49.3 Å². The third-order valence-corrected chi connectivity index (χ3v) is 6.09. The van der Waals surface area contributed by atoms with Gasteiger partial charge in [0.25, 0.3) is 0 Å². The second kappa shape index (κ2) is 8.81. The molecule has 3 rings (SSSR count). The summed E-state index contributed by atoms with van der Waals surface area (Å²) in [6.45, 7) is 1.66. The molecule has 1 aromatic heterocycles. The Balaban J connectivity index is 1.63. The molecule has 1 aliphatic carbocycles. The molecule has 1 fully saturated rings. The number of carbonyl (C=O) groups is 1. The Hall–Kier alpha value is -2.32. The predicted molar refractivity (Wildman–Crippen MR) is 109 cm³/mol. The molecule has 30 heavy (non-hydrogen) atoms. The SMILES string of the molecule is Cc1c(-c2ccc(NC(=O)C(N)C3CCC(C(F)(F)F)CC3)cc2)c(Cl)cc[n+]1[O-]. The second-order valence-corrected chi connectivity index (χ2v) is 8.10. The number of alkyl halides is 3. The fraction of sp³-hybridized carbons (Fsp3) is 0.429. The molecular weight excluding hydrogens is 419 g/mol. The first-order valence-electron chi connectivity index (χ1n) is 9.69. The number of benzene rings is 1. The van der Waals surface area contributed by atoms with Crippen molar-refractivity contribution < 1.29 is 22.7 Å². The van der Waals surface area contributed by atoms with Gasteiger partial charge in [-0.25, -0.2) is 0 Å². The van der Waals surface area contributed by atoms with E-state index in [2.05, 4.69) is 5.32 Å². The quantitative estimate of drug-likeness (QED) is 0.538. The van der Waals surface area contributed by atoms with E-state index in [1.165, 1.54) is 12.3 Å². The summed E-state index contributed by atoms with van der Waals surface area (Å²) in [7, 11) is 0. The van der Waals surface area contributed by atoms with Crippen LogP contribution in [0.15, 0.2) is 36.5 Å². The average molecular weight is 442 g/mol. The zero-order chi connectivity index (χ0) is 22.1. The fourth-order valence-electron chi connectivity index (χ4n) is 3.92. The van der Waals surface area contributed by atoms with Crippen molar-refractivity contribution >= 4 is 23.2 Å². The van der Waals surface area contributed by atoms with Crippen molar-refractivity contribution in [3.8, 4) is 11.1 Å². The van der Waals surface area contributed by atoms with Crippen molar-refractivity contribution in [1.29, 1.82) is 0 Å². The van der Waals surface area contributed by atoms with Crippen LogP contribution in [0.2, 0.25) is 5.02 Å². The molecule has 2 aromatic rings. The minimum absolute atomic E-state index is 0.000738. The van der Waals surface area contributed by atoms with E-state index in [9.17, 15) is 23.2 Å². The third-order valence-electron chi connectivity index (χ3n) is 5.77. The summed E-state index contributed by atoms with van der Waals surface area (Å²) >= 11 is 6.22. The highest BCUT2D eigenvalue weighted by Crippen LogP contribution is 2.40. The zero-order valence-corrected chi connectivity index (χ0v) is 17.1. The zero-order valence-electron chi connectivity index (χ0n) is 16.4. The number of nitrogens with one attached hydrogen (secondary N) is 1. The lowest BCUT2D eigenvalue weighted by Gasteiger charge is -2.32. The van der Waals surface area contributed by atoms with Crippen molar-refractivity contribution in [2.75, 3.05) is 5.32 Å². The summed E-state index contributed by atoms with van der Waals surface area (Å²) < 4.78 is 39.1. The van der Waals surface area contributed by atoms with Gasteiger partial charge in [-0.15, -0.1) is 0 Å². The summed E-state index contributed by atoms with van der Waals surface area (Å²) in [4.78, 5) is 12.5. The van der Waals surface area contributed by atoms with E-state index >= 15 is 0 Å². The number of carbonyl (C=O) groups excluding carboxylic acids is 1. The van der Waals surface area contributed by atoms with Crippen molar-refractivity contribution in [2.24, 2.45) is 17.6 Å². The van der Waals surface area contributed by atoms with Crippen molar-refractivity contribution in [3.05, 3.63) is 52.5 Å². The van der Waals surface area contributed by atoms with Gasteiger partial charge in [-0.2, -0.15) is 17.9 Å². The lowest BCUT2D eigenvalue weighted by Crippen LogP contribution is -2.44. The van der Waals surface area contributed by atoms with Crippen molar-refractivity contribution in [2.45, 2.75) is 44.8 Å². The summed E-state index contributed by atoms with van der Waals surface area (Å²) in [5.74, 6) is -2.01. The highest BCUT2D eigenvalue weighted by atomic mass is 35.5. The van der Waals surface area contributed by atoms with Gasteiger partial charge in [0, 0.05) is 18.7 Å². The minimum Gasteiger partial charge on any atom is -0.618 e. The number of aromatic nitrogens is 1. The van der Waals surface area contributed by atoms with Gasteiger partial charge in [0.1, 0.15) is 0 Å². The predicted octanol–water partition coefficient (Wildman–Crippen LogP) is 4.58. The highest BCUT2D eigenvalue weighted by molar-refractivity contribution is 6.33. The van der Waals surface area contributed by atoms with Crippen LogP contribution >= 0.6 is 11.6 Å². The maximum atomic E-state index is 12.8. The number of hydrogen-bond acceptors (Lipinski definition) is 3. The maximum Gasteiger partial charge on any atom is 0.391 e. The van der Waals surface area contributed by atoms with Gasteiger partial charge < -0.3 is 16.3 Å². The molecule has 1 amide bonds. The molecule has 1 saturated carbocycles. The fourth-order valence-corrected chi connectivity index (χ4v) is 4.23. The first-order chi connectivity index (χ1) is 14.1. The average Bonchev–Trinajstić information content (AvgIpc) is 2.71.